The maximum atomic E-state index is 12.2. The van der Waals surface area contributed by atoms with E-state index in [9.17, 15) is 4.79 Å². The van der Waals surface area contributed by atoms with Crippen LogP contribution in [0.15, 0.2) is 42.7 Å². The smallest absolute Gasteiger partial charge is 0.315 e. The monoisotopic (exact) mass is 295 g/mol. The molecule has 114 valence electrons. The van der Waals surface area contributed by atoms with Gasteiger partial charge in [-0.2, -0.15) is 0 Å². The summed E-state index contributed by atoms with van der Waals surface area (Å²) in [5.74, 6) is 0.418. The summed E-state index contributed by atoms with van der Waals surface area (Å²) in [4.78, 5) is 16.2. The number of hydrogen-bond donors (Lipinski definition) is 2. The second-order valence-corrected chi connectivity index (χ2v) is 6.05. The Kier molecular flexibility index (Phi) is 4.09. The zero-order valence-electron chi connectivity index (χ0n) is 13.0. The van der Waals surface area contributed by atoms with Crippen LogP contribution in [0.2, 0.25) is 0 Å². The SMILES string of the molecule is Cc1ccc2c(c1)[C@@H](NC(=O)NCc1cccnc1)[C@H](C)C2. The molecule has 4 heteroatoms. The third-order valence-electron chi connectivity index (χ3n) is 4.21. The molecule has 0 saturated carbocycles. The number of nitrogens with one attached hydrogen (secondary N) is 2. The Morgan fingerprint density at radius 2 is 2.23 bits per heavy atom. The van der Waals surface area contributed by atoms with Crippen molar-refractivity contribution in [2.45, 2.75) is 32.9 Å². The van der Waals surface area contributed by atoms with Crippen molar-refractivity contribution in [1.29, 1.82) is 0 Å². The van der Waals surface area contributed by atoms with Gasteiger partial charge >= 0.3 is 6.03 Å². The van der Waals surface area contributed by atoms with Crippen LogP contribution < -0.4 is 10.6 Å². The number of hydrogen-bond acceptors (Lipinski definition) is 2. The van der Waals surface area contributed by atoms with E-state index in [2.05, 4.69) is 47.7 Å². The van der Waals surface area contributed by atoms with Crippen LogP contribution in [0.5, 0.6) is 0 Å². The predicted octanol–water partition coefficient (Wildman–Crippen LogP) is 3.12. The van der Waals surface area contributed by atoms with Crippen LogP contribution in [0.25, 0.3) is 0 Å². The van der Waals surface area contributed by atoms with Gasteiger partial charge in [0.15, 0.2) is 0 Å². The molecule has 1 aromatic heterocycles. The van der Waals surface area contributed by atoms with Crippen LogP contribution in [0, 0.1) is 12.8 Å². The summed E-state index contributed by atoms with van der Waals surface area (Å²) >= 11 is 0. The highest BCUT2D eigenvalue weighted by Gasteiger charge is 2.30. The summed E-state index contributed by atoms with van der Waals surface area (Å²) in [5, 5.41) is 6.01. The van der Waals surface area contributed by atoms with Crippen molar-refractivity contribution >= 4 is 6.03 Å². The fourth-order valence-electron chi connectivity index (χ4n) is 3.06. The number of rotatable bonds is 3. The largest absolute Gasteiger partial charge is 0.334 e. The molecule has 1 heterocycles. The minimum absolute atomic E-state index is 0.0869. The van der Waals surface area contributed by atoms with Gasteiger partial charge in [0.2, 0.25) is 0 Å². The van der Waals surface area contributed by atoms with E-state index in [0.717, 1.165) is 12.0 Å². The summed E-state index contributed by atoms with van der Waals surface area (Å²) < 4.78 is 0. The number of carbonyl (C=O) groups excluding carboxylic acids is 1. The molecule has 0 bridgehead atoms. The van der Waals surface area contributed by atoms with Gasteiger partial charge in [-0.05, 0) is 42.0 Å². The first-order chi connectivity index (χ1) is 10.6. The van der Waals surface area contributed by atoms with E-state index in [1.54, 1.807) is 12.4 Å². The molecule has 0 unspecified atom stereocenters. The van der Waals surface area contributed by atoms with E-state index in [-0.39, 0.29) is 12.1 Å². The molecule has 0 aliphatic heterocycles. The highest BCUT2D eigenvalue weighted by atomic mass is 16.2. The summed E-state index contributed by atoms with van der Waals surface area (Å²) in [6, 6.07) is 10.3. The first-order valence-corrected chi connectivity index (χ1v) is 7.66. The van der Waals surface area contributed by atoms with Gasteiger partial charge in [0.1, 0.15) is 0 Å². The molecule has 2 amide bonds. The van der Waals surface area contributed by atoms with Crippen molar-refractivity contribution in [3.05, 3.63) is 65.0 Å². The second kappa shape index (κ2) is 6.18. The van der Waals surface area contributed by atoms with Gasteiger partial charge in [-0.3, -0.25) is 4.98 Å². The lowest BCUT2D eigenvalue weighted by atomic mass is 10.0. The third kappa shape index (κ3) is 3.11. The minimum Gasteiger partial charge on any atom is -0.334 e. The van der Waals surface area contributed by atoms with Crippen molar-refractivity contribution in [2.24, 2.45) is 5.92 Å². The quantitative estimate of drug-likeness (QED) is 0.914. The van der Waals surface area contributed by atoms with Gasteiger partial charge < -0.3 is 10.6 Å². The number of pyridine rings is 1. The molecule has 0 saturated heterocycles. The molecule has 0 spiro atoms. The van der Waals surface area contributed by atoms with Gasteiger partial charge in [0.05, 0.1) is 6.04 Å². The molecule has 2 aromatic rings. The number of carbonyl (C=O) groups is 1. The van der Waals surface area contributed by atoms with E-state index < -0.39 is 0 Å². The highest BCUT2D eigenvalue weighted by Crippen LogP contribution is 2.36. The van der Waals surface area contributed by atoms with Crippen LogP contribution in [-0.2, 0) is 13.0 Å². The second-order valence-electron chi connectivity index (χ2n) is 6.05. The Labute approximate surface area is 131 Å². The van der Waals surface area contributed by atoms with Crippen LogP contribution in [0.3, 0.4) is 0 Å². The fourth-order valence-corrected chi connectivity index (χ4v) is 3.06. The Balaban J connectivity index is 1.63. The molecular weight excluding hydrogens is 274 g/mol. The Bertz CT molecular complexity index is 669. The van der Waals surface area contributed by atoms with Crippen LogP contribution in [0.4, 0.5) is 4.79 Å². The minimum atomic E-state index is -0.130. The standard InChI is InChI=1S/C18H21N3O/c1-12-5-6-15-9-13(2)17(16(15)8-12)21-18(22)20-11-14-4-3-7-19-10-14/h3-8,10,13,17H,9,11H2,1-2H3,(H2,20,21,22)/t13-,17+/m1/s1. The number of amides is 2. The molecule has 1 aromatic carbocycles. The lowest BCUT2D eigenvalue weighted by Gasteiger charge is -2.19. The number of benzene rings is 1. The zero-order chi connectivity index (χ0) is 15.5. The molecule has 0 fully saturated rings. The van der Waals surface area contributed by atoms with Crippen LogP contribution in [0.1, 0.15) is 35.2 Å². The highest BCUT2D eigenvalue weighted by molar-refractivity contribution is 5.74. The molecule has 22 heavy (non-hydrogen) atoms. The molecule has 2 atom stereocenters. The zero-order valence-corrected chi connectivity index (χ0v) is 13.0. The van der Waals surface area contributed by atoms with Crippen LogP contribution >= 0.6 is 0 Å². The average Bonchev–Trinajstić information content (AvgIpc) is 2.82. The third-order valence-corrected chi connectivity index (χ3v) is 4.21. The van der Waals surface area contributed by atoms with E-state index >= 15 is 0 Å². The van der Waals surface area contributed by atoms with E-state index in [1.165, 1.54) is 16.7 Å². The predicted molar refractivity (Wildman–Crippen MR) is 86.4 cm³/mol. The van der Waals surface area contributed by atoms with Crippen molar-refractivity contribution in [3.8, 4) is 0 Å². The number of aromatic nitrogens is 1. The van der Waals surface area contributed by atoms with Gasteiger partial charge in [-0.25, -0.2) is 4.79 Å². The molecule has 3 rings (SSSR count). The number of urea groups is 1. The van der Waals surface area contributed by atoms with Crippen molar-refractivity contribution < 1.29 is 4.79 Å². The van der Waals surface area contributed by atoms with Gasteiger partial charge in [-0.1, -0.05) is 36.8 Å². The summed E-state index contributed by atoms with van der Waals surface area (Å²) in [6.07, 6.45) is 4.50. The lowest BCUT2D eigenvalue weighted by Crippen LogP contribution is -2.38. The normalized spacial score (nSPS) is 19.5. The number of aryl methyl sites for hydroxylation is 1. The van der Waals surface area contributed by atoms with Crippen molar-refractivity contribution in [1.82, 2.24) is 15.6 Å². The molecular formula is C18H21N3O. The molecule has 1 aliphatic rings. The number of fused-ring (bicyclic) bond motifs is 1. The van der Waals surface area contributed by atoms with Crippen molar-refractivity contribution in [3.63, 3.8) is 0 Å². The molecule has 1 aliphatic carbocycles. The molecule has 0 radical (unpaired) electrons. The lowest BCUT2D eigenvalue weighted by molar-refractivity contribution is 0.233. The Morgan fingerprint density at radius 3 is 3.00 bits per heavy atom. The first-order valence-electron chi connectivity index (χ1n) is 7.66. The van der Waals surface area contributed by atoms with E-state index in [1.807, 2.05) is 12.1 Å². The average molecular weight is 295 g/mol. The van der Waals surface area contributed by atoms with Crippen LogP contribution in [-0.4, -0.2) is 11.0 Å². The topological polar surface area (TPSA) is 54.0 Å². The van der Waals surface area contributed by atoms with E-state index in [0.29, 0.717) is 12.5 Å². The summed E-state index contributed by atoms with van der Waals surface area (Å²) in [7, 11) is 0. The maximum Gasteiger partial charge on any atom is 0.315 e. The van der Waals surface area contributed by atoms with Crippen molar-refractivity contribution in [2.75, 3.05) is 0 Å². The fraction of sp³-hybridized carbons (Fsp3) is 0.333. The Morgan fingerprint density at radius 1 is 1.36 bits per heavy atom. The number of nitrogens with zero attached hydrogens (tertiary/aromatic N) is 1. The summed E-state index contributed by atoms with van der Waals surface area (Å²) in [6.45, 7) is 4.76. The maximum absolute atomic E-state index is 12.2. The van der Waals surface area contributed by atoms with E-state index in [4.69, 9.17) is 0 Å². The van der Waals surface area contributed by atoms with Gasteiger partial charge in [0.25, 0.3) is 0 Å². The van der Waals surface area contributed by atoms with Gasteiger partial charge in [0, 0.05) is 18.9 Å². The first kappa shape index (κ1) is 14.6. The summed E-state index contributed by atoms with van der Waals surface area (Å²) in [5.41, 5.74) is 4.82. The Hall–Kier alpha value is -2.36. The molecule has 2 N–H and O–H groups in total. The molecule has 4 nitrogen and oxygen atoms in total. The van der Waals surface area contributed by atoms with Gasteiger partial charge in [-0.15, -0.1) is 0 Å².